The number of hydrogen-bond acceptors (Lipinski definition) is 6. The van der Waals surface area contributed by atoms with Gasteiger partial charge in [-0.2, -0.15) is 10.2 Å². The molecule has 4 aliphatic rings. The average Bonchev–Trinajstić information content (AvgIpc) is 3.26. The molecule has 1 saturated heterocycles. The van der Waals surface area contributed by atoms with Crippen LogP contribution in [0.15, 0.2) is 24.1 Å². The van der Waals surface area contributed by atoms with Crippen LogP contribution in [0, 0.1) is 0 Å². The van der Waals surface area contributed by atoms with E-state index in [0.717, 1.165) is 43.4 Å². The van der Waals surface area contributed by atoms with Crippen LogP contribution in [-0.2, 0) is 32.0 Å². The van der Waals surface area contributed by atoms with Gasteiger partial charge in [-0.1, -0.05) is 0 Å². The third-order valence-corrected chi connectivity index (χ3v) is 6.62. The Morgan fingerprint density at radius 2 is 2.21 bits per heavy atom. The van der Waals surface area contributed by atoms with Crippen molar-refractivity contribution in [2.45, 2.75) is 56.7 Å². The number of morpholine rings is 1. The highest BCUT2D eigenvalue weighted by molar-refractivity contribution is 5.92. The number of ether oxygens (including phenoxy) is 2. The van der Waals surface area contributed by atoms with Crippen LogP contribution in [0.1, 0.15) is 43.4 Å². The SMILES string of the molecule is O=C(CC1CN(C(=O)C2=CCCO2)C2(CCC2)CO1)N1CCc2nnccc2C1. The van der Waals surface area contributed by atoms with Gasteiger partial charge >= 0.3 is 0 Å². The summed E-state index contributed by atoms with van der Waals surface area (Å²) in [6.07, 6.45) is 8.06. The van der Waals surface area contributed by atoms with Gasteiger partial charge in [0.1, 0.15) is 0 Å². The van der Waals surface area contributed by atoms with Crippen LogP contribution in [0.3, 0.4) is 0 Å². The van der Waals surface area contributed by atoms with Gasteiger partial charge in [0.15, 0.2) is 5.76 Å². The van der Waals surface area contributed by atoms with Crippen molar-refractivity contribution in [3.8, 4) is 0 Å². The van der Waals surface area contributed by atoms with Gasteiger partial charge in [0.25, 0.3) is 5.91 Å². The van der Waals surface area contributed by atoms with Crippen molar-refractivity contribution in [3.05, 3.63) is 35.4 Å². The van der Waals surface area contributed by atoms with E-state index < -0.39 is 0 Å². The number of hydrogen-bond donors (Lipinski definition) is 0. The molecular weight excluding hydrogens is 372 g/mol. The summed E-state index contributed by atoms with van der Waals surface area (Å²) in [5, 5.41) is 8.07. The Bertz CT molecular complexity index is 851. The summed E-state index contributed by atoms with van der Waals surface area (Å²) in [4.78, 5) is 29.8. The average molecular weight is 398 g/mol. The first-order chi connectivity index (χ1) is 14.1. The van der Waals surface area contributed by atoms with Crippen molar-refractivity contribution in [2.75, 3.05) is 26.3 Å². The van der Waals surface area contributed by atoms with E-state index in [9.17, 15) is 9.59 Å². The molecule has 0 N–H and O–H groups in total. The van der Waals surface area contributed by atoms with Gasteiger partial charge in [-0.15, -0.1) is 0 Å². The van der Waals surface area contributed by atoms with Gasteiger partial charge in [-0.05, 0) is 37.0 Å². The molecule has 1 saturated carbocycles. The summed E-state index contributed by atoms with van der Waals surface area (Å²) in [5.74, 6) is 0.469. The highest BCUT2D eigenvalue weighted by Crippen LogP contribution is 2.42. The van der Waals surface area contributed by atoms with Crippen LogP contribution in [0.25, 0.3) is 0 Å². The minimum atomic E-state index is -0.281. The van der Waals surface area contributed by atoms with Gasteiger partial charge < -0.3 is 19.3 Å². The van der Waals surface area contributed by atoms with E-state index in [4.69, 9.17) is 9.47 Å². The third-order valence-electron chi connectivity index (χ3n) is 6.62. The predicted molar refractivity (Wildman–Crippen MR) is 102 cm³/mol. The maximum atomic E-state index is 13.0. The van der Waals surface area contributed by atoms with Crippen LogP contribution < -0.4 is 0 Å². The topological polar surface area (TPSA) is 84.9 Å². The second kappa shape index (κ2) is 7.40. The van der Waals surface area contributed by atoms with Crippen molar-refractivity contribution >= 4 is 11.8 Å². The maximum absolute atomic E-state index is 13.0. The van der Waals surface area contributed by atoms with E-state index in [0.29, 0.717) is 38.6 Å². The van der Waals surface area contributed by atoms with E-state index >= 15 is 0 Å². The first-order valence-electron chi connectivity index (χ1n) is 10.5. The lowest BCUT2D eigenvalue weighted by Gasteiger charge is -2.54. The summed E-state index contributed by atoms with van der Waals surface area (Å²) in [6, 6.07) is 1.93. The summed E-state index contributed by atoms with van der Waals surface area (Å²) in [7, 11) is 0. The van der Waals surface area contributed by atoms with E-state index in [1.807, 2.05) is 21.9 Å². The molecule has 1 atom stereocenters. The quantitative estimate of drug-likeness (QED) is 0.761. The normalized spacial score (nSPS) is 25.1. The molecule has 0 bridgehead atoms. The number of rotatable bonds is 3. The molecule has 5 rings (SSSR count). The molecule has 8 nitrogen and oxygen atoms in total. The molecule has 0 radical (unpaired) electrons. The lowest BCUT2D eigenvalue weighted by Crippen LogP contribution is -2.65. The maximum Gasteiger partial charge on any atom is 0.289 e. The predicted octanol–water partition coefficient (Wildman–Crippen LogP) is 1.21. The smallest absolute Gasteiger partial charge is 0.289 e. The van der Waals surface area contributed by atoms with Crippen molar-refractivity contribution in [1.29, 1.82) is 0 Å². The van der Waals surface area contributed by atoms with Crippen LogP contribution in [0.5, 0.6) is 0 Å². The lowest BCUT2D eigenvalue weighted by atomic mass is 9.74. The molecule has 8 heteroatoms. The zero-order chi connectivity index (χ0) is 19.8. The molecule has 4 heterocycles. The van der Waals surface area contributed by atoms with E-state index in [1.54, 1.807) is 6.20 Å². The van der Waals surface area contributed by atoms with Gasteiger partial charge in [0, 0.05) is 38.7 Å². The number of nitrogens with zero attached hydrogens (tertiary/aromatic N) is 4. The monoisotopic (exact) mass is 398 g/mol. The molecule has 2 amide bonds. The molecule has 2 fully saturated rings. The number of fused-ring (bicyclic) bond motifs is 1. The summed E-state index contributed by atoms with van der Waals surface area (Å²) in [6.45, 7) is 2.72. The number of carbonyl (C=O) groups excluding carboxylic acids is 2. The molecule has 29 heavy (non-hydrogen) atoms. The Morgan fingerprint density at radius 3 is 2.97 bits per heavy atom. The summed E-state index contributed by atoms with van der Waals surface area (Å²) >= 11 is 0. The fraction of sp³-hybridized carbons (Fsp3) is 0.619. The Morgan fingerprint density at radius 1 is 1.31 bits per heavy atom. The minimum absolute atomic E-state index is 0.0478. The summed E-state index contributed by atoms with van der Waals surface area (Å²) in [5.41, 5.74) is 1.81. The van der Waals surface area contributed by atoms with E-state index in [1.165, 1.54) is 0 Å². The molecule has 1 spiro atoms. The fourth-order valence-electron chi connectivity index (χ4n) is 4.73. The molecule has 1 aromatic rings. The third kappa shape index (κ3) is 3.39. The van der Waals surface area contributed by atoms with Crippen LogP contribution in [-0.4, -0.2) is 69.8 Å². The molecule has 1 unspecified atom stereocenters. The molecule has 154 valence electrons. The largest absolute Gasteiger partial charge is 0.488 e. The number of aromatic nitrogens is 2. The summed E-state index contributed by atoms with van der Waals surface area (Å²) < 4.78 is 11.6. The second-order valence-corrected chi connectivity index (χ2v) is 8.40. The standard InChI is InChI=1S/C21H26N4O4/c26-19(24-9-5-17-15(12-24)4-8-22-23-17)11-16-13-25(20(27)18-3-1-10-28-18)21(14-29-16)6-2-7-21/h3-4,8,16H,1-2,5-7,9-14H2. The van der Waals surface area contributed by atoms with Gasteiger partial charge in [0.05, 0.1) is 37.0 Å². The molecule has 1 aromatic heterocycles. The van der Waals surface area contributed by atoms with Crippen molar-refractivity contribution < 1.29 is 19.1 Å². The Hall–Kier alpha value is -2.48. The van der Waals surface area contributed by atoms with Crippen molar-refractivity contribution in [3.63, 3.8) is 0 Å². The highest BCUT2D eigenvalue weighted by atomic mass is 16.5. The van der Waals surface area contributed by atoms with Crippen LogP contribution >= 0.6 is 0 Å². The fourth-order valence-corrected chi connectivity index (χ4v) is 4.73. The molecule has 0 aromatic carbocycles. The first kappa shape index (κ1) is 18.5. The van der Waals surface area contributed by atoms with Gasteiger partial charge in [-0.3, -0.25) is 9.59 Å². The number of amides is 2. The Kier molecular flexibility index (Phi) is 4.73. The Balaban J connectivity index is 1.25. The zero-order valence-corrected chi connectivity index (χ0v) is 16.5. The first-order valence-corrected chi connectivity index (χ1v) is 10.5. The Labute approximate surface area is 169 Å². The van der Waals surface area contributed by atoms with Crippen LogP contribution in [0.2, 0.25) is 0 Å². The lowest BCUT2D eigenvalue weighted by molar-refractivity contribution is -0.173. The number of carbonyl (C=O) groups is 2. The molecular formula is C21H26N4O4. The minimum Gasteiger partial charge on any atom is -0.488 e. The van der Waals surface area contributed by atoms with E-state index in [2.05, 4.69) is 10.2 Å². The molecule has 3 aliphatic heterocycles. The zero-order valence-electron chi connectivity index (χ0n) is 16.5. The van der Waals surface area contributed by atoms with E-state index in [-0.39, 0.29) is 29.9 Å². The van der Waals surface area contributed by atoms with Gasteiger partial charge in [-0.25, -0.2) is 0 Å². The van der Waals surface area contributed by atoms with Gasteiger partial charge in [0.2, 0.25) is 5.91 Å². The molecule has 1 aliphatic carbocycles. The van der Waals surface area contributed by atoms with Crippen molar-refractivity contribution in [2.24, 2.45) is 0 Å². The van der Waals surface area contributed by atoms with Crippen molar-refractivity contribution in [1.82, 2.24) is 20.0 Å². The second-order valence-electron chi connectivity index (χ2n) is 8.40. The van der Waals surface area contributed by atoms with Crippen LogP contribution in [0.4, 0.5) is 0 Å². The highest BCUT2D eigenvalue weighted by Gasteiger charge is 2.50.